The number of benzene rings is 1. The number of hydrogen-bond acceptors (Lipinski definition) is 3. The molecule has 80 valence electrons. The summed E-state index contributed by atoms with van der Waals surface area (Å²) in [5.74, 6) is 0.858. The van der Waals surface area contributed by atoms with Gasteiger partial charge in [0.05, 0.1) is 12.8 Å². The minimum Gasteiger partial charge on any atom is -0.497 e. The quantitative estimate of drug-likeness (QED) is 0.784. The minimum absolute atomic E-state index is 0.846. The van der Waals surface area contributed by atoms with Crippen LogP contribution in [0.1, 0.15) is 11.3 Å². The van der Waals surface area contributed by atoms with Crippen LogP contribution < -0.4 is 4.74 Å². The fourth-order valence-electron chi connectivity index (χ4n) is 1.30. The van der Waals surface area contributed by atoms with Gasteiger partial charge in [0.15, 0.2) is 0 Å². The van der Waals surface area contributed by atoms with E-state index in [1.54, 1.807) is 13.3 Å². The van der Waals surface area contributed by atoms with Crippen molar-refractivity contribution in [3.8, 4) is 5.75 Å². The van der Waals surface area contributed by atoms with Gasteiger partial charge in [0.25, 0.3) is 0 Å². The van der Waals surface area contributed by atoms with E-state index in [0.717, 1.165) is 17.0 Å². The number of aromatic nitrogens is 2. The van der Waals surface area contributed by atoms with Gasteiger partial charge >= 0.3 is 0 Å². The maximum absolute atomic E-state index is 5.09. The van der Waals surface area contributed by atoms with Gasteiger partial charge in [0.2, 0.25) is 0 Å². The largest absolute Gasteiger partial charge is 0.497 e. The van der Waals surface area contributed by atoms with Gasteiger partial charge in [-0.1, -0.05) is 18.2 Å². The molecule has 0 saturated carbocycles. The molecule has 3 nitrogen and oxygen atoms in total. The molecule has 0 amide bonds. The summed E-state index contributed by atoms with van der Waals surface area (Å²) >= 11 is 0. The van der Waals surface area contributed by atoms with Crippen LogP contribution in [0, 0.1) is 0 Å². The van der Waals surface area contributed by atoms with Gasteiger partial charge in [0, 0.05) is 6.20 Å². The van der Waals surface area contributed by atoms with Gasteiger partial charge in [-0.25, -0.2) is 0 Å². The summed E-state index contributed by atoms with van der Waals surface area (Å²) in [6.45, 7) is 0. The second kappa shape index (κ2) is 5.07. The molecular formula is C13H12N2O. The Labute approximate surface area is 94.4 Å². The van der Waals surface area contributed by atoms with Crippen molar-refractivity contribution in [1.29, 1.82) is 0 Å². The van der Waals surface area contributed by atoms with Crippen molar-refractivity contribution in [2.24, 2.45) is 0 Å². The van der Waals surface area contributed by atoms with Crippen LogP contribution in [0.5, 0.6) is 5.75 Å². The number of hydrogen-bond donors (Lipinski definition) is 0. The molecule has 0 aliphatic carbocycles. The Morgan fingerprint density at radius 3 is 2.50 bits per heavy atom. The van der Waals surface area contributed by atoms with Crippen LogP contribution in [0.4, 0.5) is 0 Å². The molecule has 0 saturated heterocycles. The number of rotatable bonds is 3. The molecule has 1 aromatic heterocycles. The maximum Gasteiger partial charge on any atom is 0.118 e. The molecule has 0 N–H and O–H groups in total. The lowest BCUT2D eigenvalue weighted by atomic mass is 10.2. The van der Waals surface area contributed by atoms with E-state index in [4.69, 9.17) is 4.74 Å². The molecule has 2 aromatic rings. The van der Waals surface area contributed by atoms with Crippen LogP contribution in [-0.2, 0) is 0 Å². The lowest BCUT2D eigenvalue weighted by Crippen LogP contribution is -1.83. The van der Waals surface area contributed by atoms with Crippen LogP contribution in [0.15, 0.2) is 42.6 Å². The highest BCUT2D eigenvalue weighted by atomic mass is 16.5. The summed E-state index contributed by atoms with van der Waals surface area (Å²) in [6.07, 6.45) is 5.57. The van der Waals surface area contributed by atoms with Crippen molar-refractivity contribution >= 4 is 12.2 Å². The smallest absolute Gasteiger partial charge is 0.118 e. The first-order valence-corrected chi connectivity index (χ1v) is 4.98. The Morgan fingerprint density at radius 1 is 1.06 bits per heavy atom. The third kappa shape index (κ3) is 2.67. The fraction of sp³-hybridized carbons (Fsp3) is 0.0769. The van der Waals surface area contributed by atoms with E-state index in [2.05, 4.69) is 10.2 Å². The summed E-state index contributed by atoms with van der Waals surface area (Å²) in [6, 6.07) is 11.6. The summed E-state index contributed by atoms with van der Waals surface area (Å²) in [4.78, 5) is 0. The lowest BCUT2D eigenvalue weighted by Gasteiger charge is -1.98. The van der Waals surface area contributed by atoms with Crippen molar-refractivity contribution in [2.45, 2.75) is 0 Å². The lowest BCUT2D eigenvalue weighted by molar-refractivity contribution is 0.415. The summed E-state index contributed by atoms with van der Waals surface area (Å²) in [5, 5.41) is 7.77. The van der Waals surface area contributed by atoms with Crippen molar-refractivity contribution < 1.29 is 4.74 Å². The topological polar surface area (TPSA) is 35.0 Å². The van der Waals surface area contributed by atoms with Crippen LogP contribution in [0.25, 0.3) is 12.2 Å². The van der Waals surface area contributed by atoms with E-state index in [1.165, 1.54) is 0 Å². The van der Waals surface area contributed by atoms with Gasteiger partial charge in [-0.15, -0.1) is 0 Å². The first kappa shape index (κ1) is 10.4. The van der Waals surface area contributed by atoms with Crippen LogP contribution >= 0.6 is 0 Å². The molecule has 0 spiro atoms. The van der Waals surface area contributed by atoms with E-state index < -0.39 is 0 Å². The zero-order valence-electron chi connectivity index (χ0n) is 9.00. The average Bonchev–Trinajstić information content (AvgIpc) is 2.38. The van der Waals surface area contributed by atoms with E-state index in [9.17, 15) is 0 Å². The monoisotopic (exact) mass is 212 g/mol. The van der Waals surface area contributed by atoms with Gasteiger partial charge in [0.1, 0.15) is 5.75 Å². The van der Waals surface area contributed by atoms with Gasteiger partial charge in [-0.3, -0.25) is 0 Å². The Kier molecular flexibility index (Phi) is 3.28. The minimum atomic E-state index is 0.846. The van der Waals surface area contributed by atoms with E-state index in [1.807, 2.05) is 48.6 Å². The van der Waals surface area contributed by atoms with Crippen LogP contribution in [0.3, 0.4) is 0 Å². The summed E-state index contributed by atoms with van der Waals surface area (Å²) in [5.41, 5.74) is 1.95. The fourth-order valence-corrected chi connectivity index (χ4v) is 1.30. The third-order valence-electron chi connectivity index (χ3n) is 2.16. The summed E-state index contributed by atoms with van der Waals surface area (Å²) in [7, 11) is 1.66. The van der Waals surface area contributed by atoms with Crippen LogP contribution in [-0.4, -0.2) is 17.3 Å². The normalized spacial score (nSPS) is 10.6. The van der Waals surface area contributed by atoms with Gasteiger partial charge in [-0.05, 0) is 35.9 Å². The highest BCUT2D eigenvalue weighted by molar-refractivity contribution is 5.67. The standard InChI is InChI=1S/C13H12N2O/c1-16-13-8-5-11(6-9-13)4-7-12-3-2-10-14-15-12/h2-10H,1H3. The molecule has 0 unspecified atom stereocenters. The van der Waals surface area contributed by atoms with E-state index in [0.29, 0.717) is 0 Å². The van der Waals surface area contributed by atoms with E-state index >= 15 is 0 Å². The highest BCUT2D eigenvalue weighted by Crippen LogP contribution is 2.13. The SMILES string of the molecule is COc1ccc(C=Cc2cccnn2)cc1. The van der Waals surface area contributed by atoms with Crippen LogP contribution in [0.2, 0.25) is 0 Å². The highest BCUT2D eigenvalue weighted by Gasteiger charge is 1.90. The molecule has 0 radical (unpaired) electrons. The molecule has 1 aromatic carbocycles. The molecular weight excluding hydrogens is 200 g/mol. The molecule has 0 aliphatic rings. The van der Waals surface area contributed by atoms with Crippen molar-refractivity contribution in [1.82, 2.24) is 10.2 Å². The summed E-state index contributed by atoms with van der Waals surface area (Å²) < 4.78 is 5.09. The number of ether oxygens (including phenoxy) is 1. The third-order valence-corrected chi connectivity index (χ3v) is 2.16. The Hall–Kier alpha value is -2.16. The van der Waals surface area contributed by atoms with Gasteiger partial charge in [-0.2, -0.15) is 10.2 Å². The van der Waals surface area contributed by atoms with Gasteiger partial charge < -0.3 is 4.74 Å². The second-order valence-corrected chi connectivity index (χ2v) is 3.26. The predicted molar refractivity (Wildman–Crippen MR) is 64.0 cm³/mol. The molecule has 0 bridgehead atoms. The zero-order valence-corrected chi connectivity index (χ0v) is 9.00. The van der Waals surface area contributed by atoms with Crippen molar-refractivity contribution in [3.05, 3.63) is 53.9 Å². The number of nitrogens with zero attached hydrogens (tertiary/aromatic N) is 2. The Balaban J connectivity index is 2.12. The Bertz CT molecular complexity index is 463. The Morgan fingerprint density at radius 2 is 1.88 bits per heavy atom. The second-order valence-electron chi connectivity index (χ2n) is 3.26. The molecule has 0 fully saturated rings. The average molecular weight is 212 g/mol. The molecule has 16 heavy (non-hydrogen) atoms. The molecule has 0 aliphatic heterocycles. The first-order chi connectivity index (χ1) is 7.88. The maximum atomic E-state index is 5.09. The molecule has 1 heterocycles. The predicted octanol–water partition coefficient (Wildman–Crippen LogP) is 2.66. The van der Waals surface area contributed by atoms with Crippen molar-refractivity contribution in [3.63, 3.8) is 0 Å². The number of methoxy groups -OCH3 is 1. The molecule has 0 atom stereocenters. The zero-order chi connectivity index (χ0) is 11.2. The van der Waals surface area contributed by atoms with Crippen molar-refractivity contribution in [2.75, 3.05) is 7.11 Å². The molecule has 2 rings (SSSR count). The van der Waals surface area contributed by atoms with E-state index in [-0.39, 0.29) is 0 Å². The first-order valence-electron chi connectivity index (χ1n) is 4.98. The molecule has 3 heteroatoms.